The summed E-state index contributed by atoms with van der Waals surface area (Å²) in [6, 6.07) is 14.4. The second-order valence-electron chi connectivity index (χ2n) is 5.45. The van der Waals surface area contributed by atoms with Crippen LogP contribution in [-0.2, 0) is 16.6 Å². The van der Waals surface area contributed by atoms with Crippen molar-refractivity contribution in [2.75, 3.05) is 4.72 Å². The molecule has 0 fully saturated rings. The molecule has 3 aromatic rings. The molecule has 3 N–H and O–H groups in total. The third kappa shape index (κ3) is 3.76. The lowest BCUT2D eigenvalue weighted by Crippen LogP contribution is -2.12. The predicted octanol–water partition coefficient (Wildman–Crippen LogP) is 3.67. The maximum atomic E-state index is 12.5. The van der Waals surface area contributed by atoms with Gasteiger partial charge in [-0.3, -0.25) is 0 Å². The van der Waals surface area contributed by atoms with Gasteiger partial charge in [0, 0.05) is 6.54 Å². The van der Waals surface area contributed by atoms with Crippen molar-refractivity contribution in [1.29, 1.82) is 0 Å². The van der Waals surface area contributed by atoms with Crippen LogP contribution in [0.5, 0.6) is 0 Å². The minimum absolute atomic E-state index is 0.0530. The Bertz CT molecular complexity index is 998. The number of hydrogen-bond acceptors (Lipinski definition) is 5. The average Bonchev–Trinajstić information content (AvgIpc) is 2.93. The van der Waals surface area contributed by atoms with Crippen LogP contribution in [0.1, 0.15) is 11.3 Å². The number of nitrogens with zero attached hydrogens (tertiary/aromatic N) is 1. The number of sulfonamides is 1. The maximum absolute atomic E-state index is 12.5. The van der Waals surface area contributed by atoms with E-state index in [9.17, 15) is 8.42 Å². The van der Waals surface area contributed by atoms with Crippen molar-refractivity contribution < 1.29 is 12.9 Å². The Morgan fingerprint density at radius 2 is 1.88 bits per heavy atom. The molecule has 1 heterocycles. The van der Waals surface area contributed by atoms with E-state index in [-0.39, 0.29) is 10.8 Å². The molecule has 0 aliphatic carbocycles. The molecule has 0 bridgehead atoms. The van der Waals surface area contributed by atoms with Crippen LogP contribution in [0.3, 0.4) is 0 Å². The molecule has 2 aromatic carbocycles. The molecule has 0 spiro atoms. The van der Waals surface area contributed by atoms with Crippen molar-refractivity contribution in [2.45, 2.75) is 18.4 Å². The van der Waals surface area contributed by atoms with Crippen molar-refractivity contribution in [3.05, 3.63) is 64.3 Å². The fourth-order valence-corrected chi connectivity index (χ4v) is 3.68. The number of aromatic nitrogens is 1. The first-order chi connectivity index (χ1) is 11.9. The van der Waals surface area contributed by atoms with E-state index >= 15 is 0 Å². The van der Waals surface area contributed by atoms with Crippen LogP contribution in [0.25, 0.3) is 11.1 Å². The summed E-state index contributed by atoms with van der Waals surface area (Å²) < 4.78 is 32.8. The number of nitrogens with one attached hydrogen (secondary N) is 1. The molecule has 0 radical (unpaired) electrons. The Morgan fingerprint density at radius 3 is 2.48 bits per heavy atom. The molecule has 0 amide bonds. The minimum atomic E-state index is -3.77. The normalized spacial score (nSPS) is 11.5. The van der Waals surface area contributed by atoms with Crippen molar-refractivity contribution in [2.24, 2.45) is 5.73 Å². The van der Waals surface area contributed by atoms with Gasteiger partial charge in [0.25, 0.3) is 15.9 Å². The van der Waals surface area contributed by atoms with E-state index < -0.39 is 10.0 Å². The summed E-state index contributed by atoms with van der Waals surface area (Å²) >= 11 is 3.24. The number of halogens is 1. The number of rotatable bonds is 5. The first kappa shape index (κ1) is 17.7. The average molecular weight is 422 g/mol. The number of anilines is 1. The van der Waals surface area contributed by atoms with Gasteiger partial charge in [0.1, 0.15) is 4.47 Å². The molecule has 0 aliphatic heterocycles. The summed E-state index contributed by atoms with van der Waals surface area (Å²) in [5.41, 5.74) is 9.13. The highest BCUT2D eigenvalue weighted by Gasteiger charge is 2.19. The third-order valence-corrected chi connectivity index (χ3v) is 5.96. The van der Waals surface area contributed by atoms with Crippen LogP contribution in [0.4, 0.5) is 5.88 Å². The number of benzene rings is 2. The van der Waals surface area contributed by atoms with Gasteiger partial charge >= 0.3 is 0 Å². The second kappa shape index (κ2) is 6.99. The molecular formula is C17H16BrN3O3S. The highest BCUT2D eigenvalue weighted by Crippen LogP contribution is 2.28. The standard InChI is InChI=1S/C17H16BrN3O3S/c1-11-16(18)17(24-20-11)21-25(22,23)15-7-5-13(6-8-15)14-4-2-3-12(9-14)10-19/h2-9,21H,10,19H2,1H3. The monoisotopic (exact) mass is 421 g/mol. The van der Waals surface area contributed by atoms with Gasteiger partial charge in [-0.1, -0.05) is 35.5 Å². The molecule has 25 heavy (non-hydrogen) atoms. The molecule has 0 aliphatic rings. The molecule has 0 unspecified atom stereocenters. The molecule has 3 rings (SSSR count). The lowest BCUT2D eigenvalue weighted by molar-refractivity contribution is 0.430. The SMILES string of the molecule is Cc1noc(NS(=O)(=O)c2ccc(-c3cccc(CN)c3)cc2)c1Br. The first-order valence-electron chi connectivity index (χ1n) is 7.45. The Labute approximate surface area is 154 Å². The first-order valence-corrected chi connectivity index (χ1v) is 9.72. The molecular weight excluding hydrogens is 406 g/mol. The van der Waals surface area contributed by atoms with Crippen LogP contribution in [0.2, 0.25) is 0 Å². The highest BCUT2D eigenvalue weighted by atomic mass is 79.9. The van der Waals surface area contributed by atoms with E-state index in [4.69, 9.17) is 10.3 Å². The van der Waals surface area contributed by atoms with Gasteiger partial charge in [-0.05, 0) is 57.7 Å². The molecule has 1 aromatic heterocycles. The van der Waals surface area contributed by atoms with Gasteiger partial charge in [0.2, 0.25) is 0 Å². The van der Waals surface area contributed by atoms with E-state index in [0.29, 0.717) is 16.7 Å². The van der Waals surface area contributed by atoms with Gasteiger partial charge in [0.05, 0.1) is 10.6 Å². The van der Waals surface area contributed by atoms with Gasteiger partial charge < -0.3 is 10.3 Å². The van der Waals surface area contributed by atoms with Crippen molar-refractivity contribution in [1.82, 2.24) is 5.16 Å². The van der Waals surface area contributed by atoms with Crippen LogP contribution in [-0.4, -0.2) is 13.6 Å². The highest BCUT2D eigenvalue weighted by molar-refractivity contribution is 9.10. The zero-order valence-electron chi connectivity index (χ0n) is 13.4. The van der Waals surface area contributed by atoms with E-state index in [0.717, 1.165) is 16.7 Å². The van der Waals surface area contributed by atoms with Gasteiger partial charge in [-0.15, -0.1) is 0 Å². The lowest BCUT2D eigenvalue weighted by atomic mass is 10.0. The van der Waals surface area contributed by atoms with E-state index in [1.807, 2.05) is 24.3 Å². The number of nitrogens with two attached hydrogens (primary N) is 1. The molecule has 0 atom stereocenters. The smallest absolute Gasteiger partial charge is 0.264 e. The van der Waals surface area contributed by atoms with Gasteiger partial charge in [-0.2, -0.15) is 0 Å². The Morgan fingerprint density at radius 1 is 1.16 bits per heavy atom. The fourth-order valence-electron chi connectivity index (χ4n) is 2.31. The largest absolute Gasteiger partial charge is 0.336 e. The Hall–Kier alpha value is -2.16. The Kier molecular flexibility index (Phi) is 4.94. The van der Waals surface area contributed by atoms with Gasteiger partial charge in [0.15, 0.2) is 0 Å². The summed E-state index contributed by atoms with van der Waals surface area (Å²) in [6.07, 6.45) is 0. The lowest BCUT2D eigenvalue weighted by Gasteiger charge is -2.08. The third-order valence-electron chi connectivity index (χ3n) is 3.68. The van der Waals surface area contributed by atoms with Crippen LogP contribution < -0.4 is 10.5 Å². The number of aryl methyl sites for hydroxylation is 1. The summed E-state index contributed by atoms with van der Waals surface area (Å²) in [7, 11) is -3.77. The maximum Gasteiger partial charge on any atom is 0.264 e. The molecule has 0 saturated carbocycles. The fraction of sp³-hybridized carbons (Fsp3) is 0.118. The van der Waals surface area contributed by atoms with Crippen molar-refractivity contribution in [3.8, 4) is 11.1 Å². The van der Waals surface area contributed by atoms with Gasteiger partial charge in [-0.25, -0.2) is 13.1 Å². The van der Waals surface area contributed by atoms with Crippen LogP contribution in [0, 0.1) is 6.92 Å². The minimum Gasteiger partial charge on any atom is -0.336 e. The van der Waals surface area contributed by atoms with E-state index in [1.165, 1.54) is 0 Å². The molecule has 6 nitrogen and oxygen atoms in total. The topological polar surface area (TPSA) is 98.2 Å². The second-order valence-corrected chi connectivity index (χ2v) is 7.92. The molecule has 130 valence electrons. The predicted molar refractivity (Wildman–Crippen MR) is 99.5 cm³/mol. The van der Waals surface area contributed by atoms with E-state index in [1.54, 1.807) is 31.2 Å². The molecule has 0 saturated heterocycles. The van der Waals surface area contributed by atoms with Crippen molar-refractivity contribution >= 4 is 31.8 Å². The zero-order valence-corrected chi connectivity index (χ0v) is 15.8. The van der Waals surface area contributed by atoms with Crippen molar-refractivity contribution in [3.63, 3.8) is 0 Å². The Balaban J connectivity index is 1.87. The van der Waals surface area contributed by atoms with Crippen LogP contribution in [0.15, 0.2) is 62.4 Å². The van der Waals surface area contributed by atoms with E-state index in [2.05, 4.69) is 25.8 Å². The quantitative estimate of drug-likeness (QED) is 0.654. The zero-order chi connectivity index (χ0) is 18.0. The summed E-state index contributed by atoms with van der Waals surface area (Å²) in [5.74, 6) is 0.0530. The molecule has 8 heteroatoms. The number of hydrogen-bond donors (Lipinski definition) is 2. The summed E-state index contributed by atoms with van der Waals surface area (Å²) in [4.78, 5) is 0.132. The summed E-state index contributed by atoms with van der Waals surface area (Å²) in [5, 5.41) is 3.71. The van der Waals surface area contributed by atoms with Crippen LogP contribution >= 0.6 is 15.9 Å². The summed E-state index contributed by atoms with van der Waals surface area (Å²) in [6.45, 7) is 2.16.